The van der Waals surface area contributed by atoms with Gasteiger partial charge in [-0.25, -0.2) is 0 Å². The molecular weight excluding hydrogens is 314 g/mol. The van der Waals surface area contributed by atoms with Crippen LogP contribution in [0.4, 0.5) is 0 Å². The lowest BCUT2D eigenvalue weighted by molar-refractivity contribution is 0.0644. The van der Waals surface area contributed by atoms with Crippen molar-refractivity contribution in [3.63, 3.8) is 0 Å². The molecule has 0 radical (unpaired) electrons. The molecule has 1 amide bonds. The highest BCUT2D eigenvalue weighted by atomic mass is 16.2. The molecule has 2 unspecified atom stereocenters. The normalized spacial score (nSPS) is 24.3. The fourth-order valence-corrected chi connectivity index (χ4v) is 4.61. The first-order valence-corrected chi connectivity index (χ1v) is 9.36. The number of carbonyl (C=O) groups is 1. The summed E-state index contributed by atoms with van der Waals surface area (Å²) < 4.78 is 0. The summed E-state index contributed by atoms with van der Waals surface area (Å²) in [5.74, 6) is -0.0340. The Hall–Kier alpha value is -2.14. The lowest BCUT2D eigenvalue weighted by Gasteiger charge is -2.34. The van der Waals surface area contributed by atoms with Crippen LogP contribution in [0.25, 0.3) is 10.8 Å². The lowest BCUT2D eigenvalue weighted by Crippen LogP contribution is -2.48. The molecule has 5 nitrogen and oxygen atoms in total. The third kappa shape index (κ3) is 2.86. The number of nitrogens with one attached hydrogen (secondary N) is 1. The van der Waals surface area contributed by atoms with Crippen molar-refractivity contribution in [2.24, 2.45) is 0 Å². The van der Waals surface area contributed by atoms with Crippen molar-refractivity contribution in [1.29, 1.82) is 0 Å². The van der Waals surface area contributed by atoms with Gasteiger partial charge in [-0.2, -0.15) is 0 Å². The molecule has 0 saturated carbocycles. The summed E-state index contributed by atoms with van der Waals surface area (Å²) in [5, 5.41) is 1.45. The van der Waals surface area contributed by atoms with E-state index in [1.54, 1.807) is 6.07 Å². The van der Waals surface area contributed by atoms with Gasteiger partial charge in [0.1, 0.15) is 5.69 Å². The van der Waals surface area contributed by atoms with Crippen molar-refractivity contribution in [2.45, 2.75) is 44.7 Å². The summed E-state index contributed by atoms with van der Waals surface area (Å²) in [6.07, 6.45) is 4.48. The standard InChI is InChI=1S/C20H25N3O2/c1-2-22-11-5-9-17(22)18-10-6-12-23(18)20(25)16-13-14-7-3-4-8-15(14)19(24)21-16/h3-4,7-8,13,17-18H,2,5-6,9-12H2,1H3,(H,21,24). The Morgan fingerprint density at radius 3 is 2.76 bits per heavy atom. The fourth-order valence-electron chi connectivity index (χ4n) is 4.61. The molecular formula is C20H25N3O2. The molecule has 2 aromatic rings. The van der Waals surface area contributed by atoms with Crippen LogP contribution in [0.2, 0.25) is 0 Å². The molecule has 4 rings (SSSR count). The van der Waals surface area contributed by atoms with Crippen LogP contribution in [0.3, 0.4) is 0 Å². The van der Waals surface area contributed by atoms with Gasteiger partial charge < -0.3 is 9.88 Å². The van der Waals surface area contributed by atoms with Crippen LogP contribution in [-0.4, -0.2) is 52.4 Å². The van der Waals surface area contributed by atoms with Crippen LogP contribution in [0.1, 0.15) is 43.1 Å². The predicted molar refractivity (Wildman–Crippen MR) is 98.9 cm³/mol. The number of hydrogen-bond donors (Lipinski definition) is 1. The first-order chi connectivity index (χ1) is 12.2. The minimum Gasteiger partial charge on any atom is -0.333 e. The molecule has 2 atom stereocenters. The molecule has 0 aliphatic carbocycles. The van der Waals surface area contributed by atoms with Crippen molar-refractivity contribution >= 4 is 16.7 Å². The second-order valence-corrected chi connectivity index (χ2v) is 7.15. The second-order valence-electron chi connectivity index (χ2n) is 7.15. The number of nitrogens with zero attached hydrogens (tertiary/aromatic N) is 2. The van der Waals surface area contributed by atoms with Gasteiger partial charge in [0.25, 0.3) is 11.5 Å². The highest BCUT2D eigenvalue weighted by Gasteiger charge is 2.39. The topological polar surface area (TPSA) is 56.4 Å². The van der Waals surface area contributed by atoms with Crippen LogP contribution in [0, 0.1) is 0 Å². The number of pyridine rings is 1. The zero-order valence-corrected chi connectivity index (χ0v) is 14.7. The van der Waals surface area contributed by atoms with Gasteiger partial charge in [-0.15, -0.1) is 0 Å². The summed E-state index contributed by atoms with van der Waals surface area (Å²) in [6.45, 7) is 5.15. The van der Waals surface area contributed by atoms with Crippen molar-refractivity contribution in [2.75, 3.05) is 19.6 Å². The van der Waals surface area contributed by atoms with E-state index in [9.17, 15) is 9.59 Å². The maximum Gasteiger partial charge on any atom is 0.270 e. The number of aromatic nitrogens is 1. The first kappa shape index (κ1) is 16.3. The number of amides is 1. The Labute approximate surface area is 147 Å². The van der Waals surface area contributed by atoms with Crippen LogP contribution in [-0.2, 0) is 0 Å². The average Bonchev–Trinajstić information content (AvgIpc) is 3.29. The van der Waals surface area contributed by atoms with Gasteiger partial charge in [0.15, 0.2) is 0 Å². The summed E-state index contributed by atoms with van der Waals surface area (Å²) >= 11 is 0. The Bertz CT molecular complexity index is 844. The number of likely N-dealkylation sites (tertiary alicyclic amines) is 2. The van der Waals surface area contributed by atoms with Crippen LogP contribution in [0.5, 0.6) is 0 Å². The van der Waals surface area contributed by atoms with Crippen molar-refractivity contribution in [1.82, 2.24) is 14.8 Å². The minimum atomic E-state index is -0.187. The Morgan fingerprint density at radius 1 is 1.16 bits per heavy atom. The van der Waals surface area contributed by atoms with Crippen LogP contribution in [0.15, 0.2) is 35.1 Å². The molecule has 2 aliphatic rings. The fraction of sp³-hybridized carbons (Fsp3) is 0.500. The monoisotopic (exact) mass is 339 g/mol. The van der Waals surface area contributed by atoms with E-state index in [1.165, 1.54) is 6.42 Å². The summed E-state index contributed by atoms with van der Waals surface area (Å²) in [7, 11) is 0. The molecule has 0 spiro atoms. The second kappa shape index (κ2) is 6.64. The Kier molecular flexibility index (Phi) is 4.34. The van der Waals surface area contributed by atoms with Crippen LogP contribution < -0.4 is 5.56 Å². The number of fused-ring (bicyclic) bond motifs is 1. The molecule has 0 bridgehead atoms. The molecule has 5 heteroatoms. The highest BCUT2D eigenvalue weighted by Crippen LogP contribution is 2.30. The molecule has 3 heterocycles. The SMILES string of the molecule is CCN1CCCC1C1CCCN1C(=O)c1cc2ccccc2c(=O)[nH]1. The number of H-pyrrole nitrogens is 1. The molecule has 25 heavy (non-hydrogen) atoms. The van der Waals surface area contributed by atoms with Gasteiger partial charge in [-0.1, -0.05) is 25.1 Å². The molecule has 1 N–H and O–H groups in total. The summed E-state index contributed by atoms with van der Waals surface area (Å²) in [5.41, 5.74) is 0.227. The van der Waals surface area contributed by atoms with E-state index in [0.717, 1.165) is 44.3 Å². The summed E-state index contributed by atoms with van der Waals surface area (Å²) in [4.78, 5) is 32.8. The molecule has 2 fully saturated rings. The maximum absolute atomic E-state index is 13.1. The first-order valence-electron chi connectivity index (χ1n) is 9.36. The molecule has 1 aromatic carbocycles. The van der Waals surface area contributed by atoms with Gasteiger partial charge >= 0.3 is 0 Å². The quantitative estimate of drug-likeness (QED) is 0.935. The number of benzene rings is 1. The largest absolute Gasteiger partial charge is 0.333 e. The van der Waals surface area contributed by atoms with E-state index in [4.69, 9.17) is 0 Å². The van der Waals surface area contributed by atoms with Crippen molar-refractivity contribution < 1.29 is 4.79 Å². The van der Waals surface area contributed by atoms with Crippen molar-refractivity contribution in [3.8, 4) is 0 Å². The number of hydrogen-bond acceptors (Lipinski definition) is 3. The molecule has 2 aliphatic heterocycles. The van der Waals surface area contributed by atoms with E-state index in [0.29, 0.717) is 17.1 Å². The van der Waals surface area contributed by atoms with E-state index in [2.05, 4.69) is 16.8 Å². The number of rotatable bonds is 3. The minimum absolute atomic E-state index is 0.0340. The van der Waals surface area contributed by atoms with Gasteiger partial charge in [0, 0.05) is 24.0 Å². The van der Waals surface area contributed by atoms with E-state index in [-0.39, 0.29) is 17.5 Å². The van der Waals surface area contributed by atoms with E-state index < -0.39 is 0 Å². The van der Waals surface area contributed by atoms with E-state index >= 15 is 0 Å². The number of aromatic amines is 1. The van der Waals surface area contributed by atoms with Crippen molar-refractivity contribution in [3.05, 3.63) is 46.4 Å². The third-order valence-corrected chi connectivity index (χ3v) is 5.81. The lowest BCUT2D eigenvalue weighted by atomic mass is 10.0. The zero-order chi connectivity index (χ0) is 17.4. The number of likely N-dealkylation sites (N-methyl/N-ethyl adjacent to an activating group) is 1. The average molecular weight is 339 g/mol. The summed E-state index contributed by atoms with van der Waals surface area (Å²) in [6, 6.07) is 9.97. The zero-order valence-electron chi connectivity index (χ0n) is 14.7. The maximum atomic E-state index is 13.1. The Balaban J connectivity index is 1.65. The van der Waals surface area contributed by atoms with E-state index in [1.807, 2.05) is 29.2 Å². The van der Waals surface area contributed by atoms with Gasteiger partial charge in [-0.05, 0) is 56.3 Å². The third-order valence-electron chi connectivity index (χ3n) is 5.81. The highest BCUT2D eigenvalue weighted by molar-refractivity contribution is 5.96. The van der Waals surface area contributed by atoms with Gasteiger partial charge in [0.2, 0.25) is 0 Å². The number of carbonyl (C=O) groups excluding carboxylic acids is 1. The smallest absolute Gasteiger partial charge is 0.270 e. The predicted octanol–water partition coefficient (Wildman–Crippen LogP) is 2.62. The van der Waals surface area contributed by atoms with Gasteiger partial charge in [0.05, 0.1) is 0 Å². The molecule has 132 valence electrons. The molecule has 2 saturated heterocycles. The van der Waals surface area contributed by atoms with Crippen LogP contribution >= 0.6 is 0 Å². The van der Waals surface area contributed by atoms with Gasteiger partial charge in [-0.3, -0.25) is 14.5 Å². The Morgan fingerprint density at radius 2 is 1.92 bits per heavy atom. The molecule has 1 aromatic heterocycles.